The predicted molar refractivity (Wildman–Crippen MR) is 87.0 cm³/mol. The molecule has 27 heavy (non-hydrogen) atoms. The second kappa shape index (κ2) is 7.18. The first-order valence-electron chi connectivity index (χ1n) is 7.82. The van der Waals surface area contributed by atoms with Crippen molar-refractivity contribution in [1.29, 1.82) is 0 Å². The molecular weight excluding hydrogens is 366 g/mol. The van der Waals surface area contributed by atoms with Crippen LogP contribution in [0.4, 0.5) is 17.6 Å². The van der Waals surface area contributed by atoms with Crippen LogP contribution in [0.5, 0.6) is 0 Å². The highest BCUT2D eigenvalue weighted by Crippen LogP contribution is 2.32. The summed E-state index contributed by atoms with van der Waals surface area (Å²) >= 11 is 0. The average molecular weight is 379 g/mol. The van der Waals surface area contributed by atoms with Gasteiger partial charge in [-0.25, -0.2) is 4.39 Å². The van der Waals surface area contributed by atoms with Gasteiger partial charge in [-0.1, -0.05) is 17.3 Å². The lowest BCUT2D eigenvalue weighted by Crippen LogP contribution is -2.29. The molecule has 0 fully saturated rings. The summed E-state index contributed by atoms with van der Waals surface area (Å²) in [6.07, 6.45) is -4.66. The molecule has 0 saturated carbocycles. The summed E-state index contributed by atoms with van der Waals surface area (Å²) < 4.78 is 57.1. The fourth-order valence-corrected chi connectivity index (χ4v) is 2.39. The molecule has 1 aromatic heterocycles. The molecule has 3 aromatic rings. The Morgan fingerprint density at radius 1 is 1.11 bits per heavy atom. The molecule has 0 bridgehead atoms. The van der Waals surface area contributed by atoms with E-state index in [4.69, 9.17) is 4.52 Å². The van der Waals surface area contributed by atoms with Crippen molar-refractivity contribution in [2.24, 2.45) is 0 Å². The van der Waals surface area contributed by atoms with Crippen LogP contribution in [-0.4, -0.2) is 16.0 Å². The van der Waals surface area contributed by atoms with E-state index in [1.54, 1.807) is 0 Å². The monoisotopic (exact) mass is 379 g/mol. The van der Waals surface area contributed by atoms with E-state index < -0.39 is 35.1 Å². The number of alkyl halides is 3. The molecule has 0 spiro atoms. The highest BCUT2D eigenvalue weighted by Gasteiger charge is 2.35. The maximum Gasteiger partial charge on any atom is 0.417 e. The summed E-state index contributed by atoms with van der Waals surface area (Å²) in [5.74, 6) is -1.17. The minimum absolute atomic E-state index is 0.00663. The van der Waals surface area contributed by atoms with Gasteiger partial charge in [0.15, 0.2) is 0 Å². The summed E-state index contributed by atoms with van der Waals surface area (Å²) in [5, 5.41) is 6.14. The number of hydrogen-bond acceptors (Lipinski definition) is 4. The number of halogens is 4. The van der Waals surface area contributed by atoms with Crippen LogP contribution in [0, 0.1) is 5.82 Å². The first-order valence-corrected chi connectivity index (χ1v) is 7.82. The predicted octanol–water partition coefficient (Wildman–Crippen LogP) is 4.39. The molecule has 1 atom stereocenters. The van der Waals surface area contributed by atoms with Crippen LogP contribution in [-0.2, 0) is 6.18 Å². The molecule has 9 heteroatoms. The lowest BCUT2D eigenvalue weighted by atomic mass is 10.1. The number of rotatable bonds is 4. The Morgan fingerprint density at radius 3 is 2.44 bits per heavy atom. The van der Waals surface area contributed by atoms with Gasteiger partial charge in [0, 0.05) is 5.56 Å². The van der Waals surface area contributed by atoms with Crippen LogP contribution in [0.1, 0.15) is 34.8 Å². The Balaban J connectivity index is 1.77. The fraction of sp³-hybridized carbons (Fsp3) is 0.167. The van der Waals surface area contributed by atoms with Crippen molar-refractivity contribution in [2.75, 3.05) is 0 Å². The van der Waals surface area contributed by atoms with E-state index in [1.807, 2.05) is 0 Å². The van der Waals surface area contributed by atoms with Crippen LogP contribution in [0.2, 0.25) is 0 Å². The van der Waals surface area contributed by atoms with E-state index in [-0.39, 0.29) is 11.7 Å². The molecule has 0 radical (unpaired) electrons. The second-order valence-electron chi connectivity index (χ2n) is 5.70. The third-order valence-electron chi connectivity index (χ3n) is 3.74. The van der Waals surface area contributed by atoms with E-state index in [0.717, 1.165) is 12.1 Å². The number of amides is 1. The highest BCUT2D eigenvalue weighted by atomic mass is 19.4. The molecule has 140 valence electrons. The van der Waals surface area contributed by atoms with Crippen LogP contribution < -0.4 is 5.32 Å². The topological polar surface area (TPSA) is 68.0 Å². The molecule has 0 aliphatic heterocycles. The SMILES string of the molecule is C[C@@H](NC(=O)c1ccccc1C(F)(F)F)c1nc(-c2ccc(F)cc2)no1. The van der Waals surface area contributed by atoms with Gasteiger partial charge in [0.05, 0.1) is 11.1 Å². The second-order valence-corrected chi connectivity index (χ2v) is 5.70. The molecule has 0 aliphatic carbocycles. The Morgan fingerprint density at radius 2 is 1.78 bits per heavy atom. The summed E-state index contributed by atoms with van der Waals surface area (Å²) in [6, 6.07) is 8.99. The van der Waals surface area contributed by atoms with Crippen molar-refractivity contribution in [3.05, 3.63) is 71.4 Å². The number of aromatic nitrogens is 2. The Kier molecular flexibility index (Phi) is 4.93. The molecule has 1 heterocycles. The maximum atomic E-state index is 13.0. The lowest BCUT2D eigenvalue weighted by molar-refractivity contribution is -0.137. The van der Waals surface area contributed by atoms with E-state index in [0.29, 0.717) is 5.56 Å². The van der Waals surface area contributed by atoms with Gasteiger partial charge in [-0.2, -0.15) is 18.2 Å². The molecule has 1 amide bonds. The molecule has 5 nitrogen and oxygen atoms in total. The quantitative estimate of drug-likeness (QED) is 0.683. The number of carbonyl (C=O) groups excluding carboxylic acids is 1. The van der Waals surface area contributed by atoms with Crippen LogP contribution in [0.25, 0.3) is 11.4 Å². The average Bonchev–Trinajstić information content (AvgIpc) is 3.12. The summed E-state index contributed by atoms with van der Waals surface area (Å²) in [7, 11) is 0. The summed E-state index contributed by atoms with van der Waals surface area (Å²) in [4.78, 5) is 16.4. The first kappa shape index (κ1) is 18.6. The number of nitrogens with one attached hydrogen (secondary N) is 1. The largest absolute Gasteiger partial charge is 0.417 e. The van der Waals surface area contributed by atoms with Gasteiger partial charge in [-0.15, -0.1) is 0 Å². The third kappa shape index (κ3) is 4.13. The van der Waals surface area contributed by atoms with E-state index in [9.17, 15) is 22.4 Å². The fourth-order valence-electron chi connectivity index (χ4n) is 2.39. The minimum atomic E-state index is -4.66. The van der Waals surface area contributed by atoms with Crippen molar-refractivity contribution < 1.29 is 26.9 Å². The third-order valence-corrected chi connectivity index (χ3v) is 3.74. The van der Waals surface area contributed by atoms with Crippen molar-refractivity contribution in [1.82, 2.24) is 15.5 Å². The van der Waals surface area contributed by atoms with Gasteiger partial charge >= 0.3 is 6.18 Å². The van der Waals surface area contributed by atoms with E-state index in [1.165, 1.54) is 43.3 Å². The van der Waals surface area contributed by atoms with E-state index >= 15 is 0 Å². The number of hydrogen-bond donors (Lipinski definition) is 1. The van der Waals surface area contributed by atoms with Gasteiger partial charge in [0.1, 0.15) is 11.9 Å². The number of carbonyl (C=O) groups is 1. The van der Waals surface area contributed by atoms with Gasteiger partial charge < -0.3 is 9.84 Å². The standard InChI is InChI=1S/C18H13F4N3O2/c1-10(17-24-15(25-27-17)11-6-8-12(19)9-7-11)23-16(26)13-4-2-3-5-14(13)18(20,21)22/h2-10H,1H3,(H,23,26)/t10-/m1/s1. The van der Waals surface area contributed by atoms with Crippen LogP contribution in [0.3, 0.4) is 0 Å². The van der Waals surface area contributed by atoms with E-state index in [2.05, 4.69) is 15.5 Å². The van der Waals surface area contributed by atoms with Gasteiger partial charge in [-0.05, 0) is 43.3 Å². The zero-order valence-corrected chi connectivity index (χ0v) is 13.9. The van der Waals surface area contributed by atoms with Crippen LogP contribution in [0.15, 0.2) is 53.1 Å². The zero-order valence-electron chi connectivity index (χ0n) is 13.9. The molecule has 2 aromatic carbocycles. The van der Waals surface area contributed by atoms with Crippen molar-refractivity contribution >= 4 is 5.91 Å². The molecule has 0 unspecified atom stereocenters. The van der Waals surface area contributed by atoms with Crippen molar-refractivity contribution in [2.45, 2.75) is 19.1 Å². The highest BCUT2D eigenvalue weighted by molar-refractivity contribution is 5.96. The van der Waals surface area contributed by atoms with Gasteiger partial charge in [-0.3, -0.25) is 4.79 Å². The van der Waals surface area contributed by atoms with Gasteiger partial charge in [0.2, 0.25) is 11.7 Å². The molecule has 0 aliphatic rings. The smallest absolute Gasteiger partial charge is 0.340 e. The summed E-state index contributed by atoms with van der Waals surface area (Å²) in [5.41, 5.74) is -1.05. The molecule has 3 rings (SSSR count). The molecule has 0 saturated heterocycles. The normalized spacial score (nSPS) is 12.6. The lowest BCUT2D eigenvalue weighted by Gasteiger charge is -2.14. The Hall–Kier alpha value is -3.23. The molecular formula is C18H13F4N3O2. The zero-order chi connectivity index (χ0) is 19.6. The van der Waals surface area contributed by atoms with Gasteiger partial charge in [0.25, 0.3) is 5.91 Å². The Labute approximate surface area is 151 Å². The summed E-state index contributed by atoms with van der Waals surface area (Å²) in [6.45, 7) is 1.50. The minimum Gasteiger partial charge on any atom is -0.340 e. The number of nitrogens with zero attached hydrogens (tertiary/aromatic N) is 2. The number of benzene rings is 2. The maximum absolute atomic E-state index is 13.0. The van der Waals surface area contributed by atoms with Crippen molar-refractivity contribution in [3.8, 4) is 11.4 Å². The molecule has 1 N–H and O–H groups in total. The van der Waals surface area contributed by atoms with Crippen LogP contribution >= 0.6 is 0 Å². The Bertz CT molecular complexity index is 952. The van der Waals surface area contributed by atoms with Crippen molar-refractivity contribution in [3.63, 3.8) is 0 Å². The first-order chi connectivity index (χ1) is 12.8.